The van der Waals surface area contributed by atoms with E-state index in [9.17, 15) is 23.1 Å². The maximum atomic E-state index is 12.1. The van der Waals surface area contributed by atoms with Gasteiger partial charge in [-0.05, 0) is 6.07 Å². The predicted octanol–water partition coefficient (Wildman–Crippen LogP) is 1.12. The Labute approximate surface area is 81.1 Å². The summed E-state index contributed by atoms with van der Waals surface area (Å²) in [5.74, 6) is -1.80. The van der Waals surface area contributed by atoms with Crippen LogP contribution in [0.3, 0.4) is 0 Å². The van der Waals surface area contributed by atoms with Crippen LogP contribution in [-0.2, 0) is 6.18 Å². The molecule has 0 aliphatic carbocycles. The van der Waals surface area contributed by atoms with E-state index in [1.807, 2.05) is 0 Å². The monoisotopic (exact) mass is 224 g/mol. The molecule has 76 valence electrons. The van der Waals surface area contributed by atoms with Gasteiger partial charge in [-0.15, -0.1) is 0 Å². The second-order valence-corrected chi connectivity index (χ2v) is 2.71. The largest absolute Gasteiger partial charge is 0.545 e. The Kier molecular flexibility index (Phi) is 2.66. The zero-order chi connectivity index (χ0) is 10.9. The maximum Gasteiger partial charge on any atom is 0.417 e. The molecule has 7 heteroatoms. The molecule has 0 fully saturated rings. The van der Waals surface area contributed by atoms with Crippen molar-refractivity contribution in [1.29, 1.82) is 0 Å². The second-order valence-electron chi connectivity index (χ2n) is 2.35. The first kappa shape index (κ1) is 10.8. The highest BCUT2D eigenvalue weighted by Gasteiger charge is 2.31. The molecular formula is C7H2ClF3NO2-. The number of aromatic carboxylic acids is 1. The number of nitrogens with zero attached hydrogens (tertiary/aromatic N) is 1. The number of aromatic nitrogens is 1. The minimum Gasteiger partial charge on any atom is -0.545 e. The molecule has 0 atom stereocenters. The van der Waals surface area contributed by atoms with Crippen LogP contribution in [-0.4, -0.2) is 11.0 Å². The summed E-state index contributed by atoms with van der Waals surface area (Å²) >= 11 is 5.24. The molecule has 0 amide bonds. The van der Waals surface area contributed by atoms with Gasteiger partial charge in [0.15, 0.2) is 0 Å². The van der Waals surface area contributed by atoms with Gasteiger partial charge in [-0.25, -0.2) is 4.98 Å². The predicted molar refractivity (Wildman–Crippen MR) is 38.6 cm³/mol. The first-order valence-corrected chi connectivity index (χ1v) is 3.64. The Hall–Kier alpha value is -1.30. The minimum atomic E-state index is -4.65. The second kappa shape index (κ2) is 3.45. The van der Waals surface area contributed by atoms with Crippen molar-refractivity contribution in [2.24, 2.45) is 0 Å². The van der Waals surface area contributed by atoms with E-state index in [-0.39, 0.29) is 0 Å². The molecule has 0 saturated carbocycles. The highest BCUT2D eigenvalue weighted by molar-refractivity contribution is 6.32. The fourth-order valence-corrected chi connectivity index (χ4v) is 0.927. The zero-order valence-corrected chi connectivity index (χ0v) is 7.19. The third-order valence-electron chi connectivity index (χ3n) is 1.39. The number of rotatable bonds is 1. The molecule has 0 aliphatic rings. The summed E-state index contributed by atoms with van der Waals surface area (Å²) in [6.45, 7) is 0. The zero-order valence-electron chi connectivity index (χ0n) is 6.43. The van der Waals surface area contributed by atoms with Crippen molar-refractivity contribution in [3.63, 3.8) is 0 Å². The molecule has 0 aromatic carbocycles. The van der Waals surface area contributed by atoms with Crippen molar-refractivity contribution in [2.75, 3.05) is 0 Å². The first-order valence-electron chi connectivity index (χ1n) is 3.26. The highest BCUT2D eigenvalue weighted by atomic mass is 35.5. The Morgan fingerprint density at radius 2 is 2.07 bits per heavy atom. The van der Waals surface area contributed by atoms with Gasteiger partial charge in [0.25, 0.3) is 0 Å². The van der Waals surface area contributed by atoms with Crippen LogP contribution >= 0.6 is 11.6 Å². The molecule has 0 saturated heterocycles. The van der Waals surface area contributed by atoms with Gasteiger partial charge in [-0.2, -0.15) is 13.2 Å². The molecule has 1 aromatic rings. The van der Waals surface area contributed by atoms with Crippen molar-refractivity contribution in [2.45, 2.75) is 6.18 Å². The standard InChI is InChI=1S/C7H3ClF3NO2/c8-5-4(6(13)14)1-3(2-12-5)7(9,10)11/h1-2H,(H,13,14)/p-1. The Morgan fingerprint density at radius 3 is 2.50 bits per heavy atom. The average molecular weight is 225 g/mol. The molecule has 0 unspecified atom stereocenters. The van der Waals surface area contributed by atoms with Crippen LogP contribution in [0, 0.1) is 0 Å². The van der Waals surface area contributed by atoms with E-state index in [0.29, 0.717) is 12.3 Å². The summed E-state index contributed by atoms with van der Waals surface area (Å²) in [6, 6.07) is 0.380. The smallest absolute Gasteiger partial charge is 0.417 e. The van der Waals surface area contributed by atoms with Crippen LogP contribution in [0.1, 0.15) is 15.9 Å². The molecule has 0 spiro atoms. The summed E-state index contributed by atoms with van der Waals surface area (Å²) in [5, 5.41) is 9.77. The van der Waals surface area contributed by atoms with Gasteiger partial charge < -0.3 is 9.90 Å². The molecule has 0 radical (unpaired) electrons. The topological polar surface area (TPSA) is 53.0 Å². The summed E-state index contributed by atoms with van der Waals surface area (Å²) in [5.41, 5.74) is -1.96. The number of hydrogen-bond acceptors (Lipinski definition) is 3. The van der Waals surface area contributed by atoms with E-state index in [1.54, 1.807) is 0 Å². The van der Waals surface area contributed by atoms with E-state index in [2.05, 4.69) is 4.98 Å². The van der Waals surface area contributed by atoms with Crippen LogP contribution in [0.15, 0.2) is 12.3 Å². The fraction of sp³-hybridized carbons (Fsp3) is 0.143. The highest BCUT2D eigenvalue weighted by Crippen LogP contribution is 2.30. The van der Waals surface area contributed by atoms with Crippen LogP contribution < -0.4 is 5.11 Å². The van der Waals surface area contributed by atoms with Crippen molar-refractivity contribution < 1.29 is 23.1 Å². The Balaban J connectivity index is 3.27. The number of alkyl halides is 3. The molecule has 1 heterocycles. The van der Waals surface area contributed by atoms with Gasteiger partial charge in [0.05, 0.1) is 11.5 Å². The van der Waals surface area contributed by atoms with Gasteiger partial charge in [0.2, 0.25) is 0 Å². The van der Waals surface area contributed by atoms with E-state index < -0.39 is 28.4 Å². The summed E-state index contributed by atoms with van der Waals surface area (Å²) < 4.78 is 36.2. The lowest BCUT2D eigenvalue weighted by molar-refractivity contribution is -0.255. The van der Waals surface area contributed by atoms with Gasteiger partial charge in [-0.1, -0.05) is 11.6 Å². The van der Waals surface area contributed by atoms with E-state index >= 15 is 0 Å². The Morgan fingerprint density at radius 1 is 1.50 bits per heavy atom. The lowest BCUT2D eigenvalue weighted by atomic mass is 10.2. The minimum absolute atomic E-state index is 0.380. The summed E-state index contributed by atoms with van der Waals surface area (Å²) in [7, 11) is 0. The number of carbonyl (C=O) groups excluding carboxylic acids is 1. The number of halogens is 4. The van der Waals surface area contributed by atoms with E-state index in [4.69, 9.17) is 11.6 Å². The first-order chi connectivity index (χ1) is 6.32. The van der Waals surface area contributed by atoms with Crippen molar-refractivity contribution in [3.8, 4) is 0 Å². The lowest BCUT2D eigenvalue weighted by Crippen LogP contribution is -2.23. The number of carbonyl (C=O) groups is 1. The van der Waals surface area contributed by atoms with Crippen LogP contribution in [0.25, 0.3) is 0 Å². The summed E-state index contributed by atoms with van der Waals surface area (Å²) in [6.07, 6.45) is -4.20. The van der Waals surface area contributed by atoms with Crippen LogP contribution in [0.5, 0.6) is 0 Å². The molecule has 0 N–H and O–H groups in total. The van der Waals surface area contributed by atoms with Gasteiger partial charge in [-0.3, -0.25) is 0 Å². The molecule has 1 aromatic heterocycles. The van der Waals surface area contributed by atoms with Crippen molar-refractivity contribution in [3.05, 3.63) is 28.5 Å². The van der Waals surface area contributed by atoms with Crippen molar-refractivity contribution in [1.82, 2.24) is 4.98 Å². The van der Waals surface area contributed by atoms with Crippen molar-refractivity contribution >= 4 is 17.6 Å². The van der Waals surface area contributed by atoms with Gasteiger partial charge >= 0.3 is 6.18 Å². The maximum absolute atomic E-state index is 12.1. The number of carboxylic acids is 1. The average Bonchev–Trinajstić information content (AvgIpc) is 2.02. The molecule has 1 rings (SSSR count). The third kappa shape index (κ3) is 2.14. The van der Waals surface area contributed by atoms with Crippen LogP contribution in [0.2, 0.25) is 5.15 Å². The van der Waals surface area contributed by atoms with Gasteiger partial charge in [0.1, 0.15) is 5.15 Å². The van der Waals surface area contributed by atoms with Gasteiger partial charge in [0, 0.05) is 11.8 Å². The molecular weight excluding hydrogens is 223 g/mol. The van der Waals surface area contributed by atoms with E-state index in [0.717, 1.165) is 0 Å². The Bertz CT molecular complexity index is 378. The number of carboxylic acid groups (broad SMARTS) is 1. The molecule has 0 bridgehead atoms. The van der Waals surface area contributed by atoms with E-state index in [1.165, 1.54) is 0 Å². The van der Waals surface area contributed by atoms with Crippen LogP contribution in [0.4, 0.5) is 13.2 Å². The normalized spacial score (nSPS) is 11.4. The molecule has 3 nitrogen and oxygen atoms in total. The quantitative estimate of drug-likeness (QED) is 0.672. The SMILES string of the molecule is O=C([O-])c1cc(C(F)(F)F)cnc1Cl. The fourth-order valence-electron chi connectivity index (χ4n) is 0.746. The lowest BCUT2D eigenvalue weighted by Gasteiger charge is -2.09. The number of pyridine rings is 1. The third-order valence-corrected chi connectivity index (χ3v) is 1.69. The molecule has 0 aliphatic heterocycles. The number of hydrogen-bond donors (Lipinski definition) is 0. The summed E-state index contributed by atoms with van der Waals surface area (Å²) in [4.78, 5) is 13.4. The molecule has 14 heavy (non-hydrogen) atoms.